The van der Waals surface area contributed by atoms with Crippen molar-refractivity contribution in [2.45, 2.75) is 25.3 Å². The van der Waals surface area contributed by atoms with Crippen molar-refractivity contribution in [1.82, 2.24) is 10.2 Å². The topological polar surface area (TPSA) is 49.4 Å². The summed E-state index contributed by atoms with van der Waals surface area (Å²) >= 11 is 1.60. The molecular formula is C19H22N2O2S. The number of rotatable bonds is 5. The Kier molecular flexibility index (Phi) is 5.30. The van der Waals surface area contributed by atoms with E-state index < -0.39 is 0 Å². The number of thiophene rings is 1. The van der Waals surface area contributed by atoms with Gasteiger partial charge in [-0.1, -0.05) is 36.4 Å². The molecule has 0 saturated carbocycles. The van der Waals surface area contributed by atoms with Crippen molar-refractivity contribution in [1.29, 1.82) is 0 Å². The molecule has 1 N–H and O–H groups in total. The summed E-state index contributed by atoms with van der Waals surface area (Å²) in [7, 11) is 1.80. The van der Waals surface area contributed by atoms with E-state index in [4.69, 9.17) is 0 Å². The Morgan fingerprint density at radius 3 is 2.75 bits per heavy atom. The molecule has 1 aromatic carbocycles. The molecule has 4 nitrogen and oxygen atoms in total. The molecule has 1 aliphatic heterocycles. The summed E-state index contributed by atoms with van der Waals surface area (Å²) in [5.41, 5.74) is 1.21. The van der Waals surface area contributed by atoms with Crippen molar-refractivity contribution in [3.63, 3.8) is 0 Å². The van der Waals surface area contributed by atoms with Crippen molar-refractivity contribution in [3.8, 4) is 0 Å². The van der Waals surface area contributed by atoms with E-state index in [-0.39, 0.29) is 23.8 Å². The molecule has 1 aromatic heterocycles. The minimum atomic E-state index is -0.179. The molecule has 2 atom stereocenters. The van der Waals surface area contributed by atoms with Crippen LogP contribution in [0.2, 0.25) is 0 Å². The maximum Gasteiger partial charge on any atom is 0.225 e. The van der Waals surface area contributed by atoms with Gasteiger partial charge in [-0.2, -0.15) is 0 Å². The molecule has 24 heavy (non-hydrogen) atoms. The van der Waals surface area contributed by atoms with Gasteiger partial charge in [-0.05, 0) is 29.9 Å². The van der Waals surface area contributed by atoms with E-state index in [1.54, 1.807) is 23.3 Å². The maximum atomic E-state index is 12.7. The average Bonchev–Trinajstić information content (AvgIpc) is 3.12. The van der Waals surface area contributed by atoms with Gasteiger partial charge in [0.05, 0.1) is 12.0 Å². The molecule has 126 valence electrons. The first kappa shape index (κ1) is 16.7. The molecule has 2 aromatic rings. The number of carbonyl (C=O) groups is 2. The largest absolute Gasteiger partial charge is 0.355 e. The molecule has 0 unspecified atom stereocenters. The quantitative estimate of drug-likeness (QED) is 0.908. The molecule has 1 fully saturated rings. The van der Waals surface area contributed by atoms with Crippen molar-refractivity contribution in [3.05, 3.63) is 58.3 Å². The van der Waals surface area contributed by atoms with Gasteiger partial charge < -0.3 is 10.2 Å². The predicted molar refractivity (Wildman–Crippen MR) is 95.7 cm³/mol. The Morgan fingerprint density at radius 2 is 2.04 bits per heavy atom. The van der Waals surface area contributed by atoms with Crippen LogP contribution in [-0.2, 0) is 16.0 Å². The van der Waals surface area contributed by atoms with E-state index in [9.17, 15) is 9.59 Å². The van der Waals surface area contributed by atoms with Gasteiger partial charge in [-0.3, -0.25) is 9.59 Å². The van der Waals surface area contributed by atoms with Crippen molar-refractivity contribution < 1.29 is 9.59 Å². The molecular weight excluding hydrogens is 320 g/mol. The summed E-state index contributed by atoms with van der Waals surface area (Å²) < 4.78 is 0. The molecule has 0 aliphatic carbocycles. The highest BCUT2D eigenvalue weighted by atomic mass is 32.1. The summed E-state index contributed by atoms with van der Waals surface area (Å²) in [5.74, 6) is -0.0208. The lowest BCUT2D eigenvalue weighted by atomic mass is 9.87. The minimum Gasteiger partial charge on any atom is -0.355 e. The van der Waals surface area contributed by atoms with E-state index >= 15 is 0 Å². The smallest absolute Gasteiger partial charge is 0.225 e. The highest BCUT2D eigenvalue weighted by Crippen LogP contribution is 2.37. The third-order valence-corrected chi connectivity index (χ3v) is 5.53. The first-order chi connectivity index (χ1) is 11.7. The zero-order valence-electron chi connectivity index (χ0n) is 13.8. The van der Waals surface area contributed by atoms with Gasteiger partial charge in [0.1, 0.15) is 0 Å². The monoisotopic (exact) mass is 342 g/mol. The summed E-state index contributed by atoms with van der Waals surface area (Å²) in [6, 6.07) is 14.0. The van der Waals surface area contributed by atoms with Crippen molar-refractivity contribution in [2.24, 2.45) is 5.92 Å². The summed E-state index contributed by atoms with van der Waals surface area (Å²) in [5, 5.41) is 5.05. The van der Waals surface area contributed by atoms with Crippen molar-refractivity contribution in [2.75, 3.05) is 13.6 Å². The average molecular weight is 342 g/mol. The van der Waals surface area contributed by atoms with Crippen LogP contribution in [0.25, 0.3) is 0 Å². The molecule has 2 heterocycles. The lowest BCUT2D eigenvalue weighted by molar-refractivity contribution is -0.141. The Morgan fingerprint density at radius 1 is 1.25 bits per heavy atom. The molecule has 0 spiro atoms. The number of benzene rings is 1. The lowest BCUT2D eigenvalue weighted by Gasteiger charge is -2.37. The molecule has 5 heteroatoms. The van der Waals surface area contributed by atoms with Gasteiger partial charge >= 0.3 is 0 Å². The number of hydrogen-bond acceptors (Lipinski definition) is 3. The Balaban J connectivity index is 1.64. The van der Waals surface area contributed by atoms with Crippen LogP contribution in [0.5, 0.6) is 0 Å². The van der Waals surface area contributed by atoms with Gasteiger partial charge in [-0.25, -0.2) is 0 Å². The van der Waals surface area contributed by atoms with Crippen LogP contribution in [-0.4, -0.2) is 30.3 Å². The van der Waals surface area contributed by atoms with E-state index in [2.05, 4.69) is 17.4 Å². The van der Waals surface area contributed by atoms with Crippen LogP contribution >= 0.6 is 11.3 Å². The normalized spacial score (nSPS) is 20.9. The number of likely N-dealkylation sites (tertiary alicyclic amines) is 1. The van der Waals surface area contributed by atoms with Gasteiger partial charge in [-0.15, -0.1) is 11.3 Å². The van der Waals surface area contributed by atoms with Crippen LogP contribution in [0.15, 0.2) is 47.8 Å². The first-order valence-corrected chi connectivity index (χ1v) is 9.15. The Labute approximate surface area is 146 Å². The highest BCUT2D eigenvalue weighted by molar-refractivity contribution is 7.10. The van der Waals surface area contributed by atoms with Crippen LogP contribution in [0, 0.1) is 5.92 Å². The van der Waals surface area contributed by atoms with E-state index in [1.807, 2.05) is 35.7 Å². The zero-order valence-corrected chi connectivity index (χ0v) is 14.6. The summed E-state index contributed by atoms with van der Waals surface area (Å²) in [4.78, 5) is 27.6. The standard InChI is InChI=1S/C19H22N2O2S/c1-21-17(22)10-9-15(18(21)16-8-5-13-24-16)19(23)20-12-11-14-6-3-2-4-7-14/h2-8,13,15,18H,9-12H2,1H3,(H,20,23)/t15-,18+/m0/s1. The second-order valence-electron chi connectivity index (χ2n) is 6.14. The van der Waals surface area contributed by atoms with Gasteiger partial charge in [0.25, 0.3) is 0 Å². The number of nitrogens with zero attached hydrogens (tertiary/aromatic N) is 1. The van der Waals surface area contributed by atoms with Gasteiger partial charge in [0.15, 0.2) is 0 Å². The van der Waals surface area contributed by atoms with Gasteiger partial charge in [0, 0.05) is 24.9 Å². The van der Waals surface area contributed by atoms with Crippen LogP contribution in [0.3, 0.4) is 0 Å². The molecule has 3 rings (SSSR count). The highest BCUT2D eigenvalue weighted by Gasteiger charge is 2.39. The number of piperidine rings is 1. The molecule has 2 amide bonds. The fourth-order valence-corrected chi connectivity index (χ4v) is 4.20. The number of amides is 2. The molecule has 1 aliphatic rings. The van der Waals surface area contributed by atoms with E-state index in [0.29, 0.717) is 19.4 Å². The fraction of sp³-hybridized carbons (Fsp3) is 0.368. The van der Waals surface area contributed by atoms with Crippen LogP contribution in [0.4, 0.5) is 0 Å². The Bertz CT molecular complexity index is 685. The SMILES string of the molecule is CN1C(=O)CC[C@H](C(=O)NCCc2ccccc2)[C@@H]1c1cccs1. The second-order valence-corrected chi connectivity index (χ2v) is 7.12. The van der Waals surface area contributed by atoms with E-state index in [1.165, 1.54) is 5.56 Å². The summed E-state index contributed by atoms with van der Waals surface area (Å²) in [6.45, 7) is 0.619. The van der Waals surface area contributed by atoms with E-state index in [0.717, 1.165) is 11.3 Å². The van der Waals surface area contributed by atoms with Crippen LogP contribution < -0.4 is 5.32 Å². The third-order valence-electron chi connectivity index (χ3n) is 4.59. The second kappa shape index (κ2) is 7.62. The van der Waals surface area contributed by atoms with Crippen molar-refractivity contribution >= 4 is 23.2 Å². The maximum absolute atomic E-state index is 12.7. The molecule has 0 bridgehead atoms. The number of carbonyl (C=O) groups excluding carboxylic acids is 2. The lowest BCUT2D eigenvalue weighted by Crippen LogP contribution is -2.46. The molecule has 0 radical (unpaired) electrons. The van der Waals surface area contributed by atoms with Gasteiger partial charge in [0.2, 0.25) is 11.8 Å². The predicted octanol–water partition coefficient (Wildman–Crippen LogP) is 3.02. The number of hydrogen-bond donors (Lipinski definition) is 1. The summed E-state index contributed by atoms with van der Waals surface area (Å²) in [6.07, 6.45) is 1.87. The zero-order chi connectivity index (χ0) is 16.9. The minimum absolute atomic E-state index is 0.0451. The Hall–Kier alpha value is -2.14. The first-order valence-electron chi connectivity index (χ1n) is 8.27. The van der Waals surface area contributed by atoms with Crippen LogP contribution in [0.1, 0.15) is 29.3 Å². The third kappa shape index (κ3) is 3.67. The molecule has 1 saturated heterocycles. The fourth-order valence-electron chi connectivity index (χ4n) is 3.27. The number of nitrogens with one attached hydrogen (secondary N) is 1.